The fourth-order valence-corrected chi connectivity index (χ4v) is 3.77. The molecule has 0 aromatic heterocycles. The average Bonchev–Trinajstić information content (AvgIpc) is 2.43. The molecule has 0 heterocycles. The standard InChI is InChI=1S/C15H18ClFOS/c16-15-11(5-4-8-14(15)17)9-12(18)10-19-13-6-2-1-3-7-13/h4-5,8,13H,1-3,6-7,9-10H2. The van der Waals surface area contributed by atoms with Gasteiger partial charge in [0.05, 0.1) is 10.8 Å². The van der Waals surface area contributed by atoms with Crippen molar-refractivity contribution in [2.75, 3.05) is 5.75 Å². The molecule has 0 atom stereocenters. The van der Waals surface area contributed by atoms with Gasteiger partial charge in [-0.2, -0.15) is 11.8 Å². The minimum absolute atomic E-state index is 0.0820. The van der Waals surface area contributed by atoms with Gasteiger partial charge in [0.25, 0.3) is 0 Å². The Morgan fingerprint density at radius 2 is 2.05 bits per heavy atom. The first kappa shape index (κ1) is 14.9. The average molecular weight is 301 g/mol. The van der Waals surface area contributed by atoms with Crippen molar-refractivity contribution >= 4 is 29.1 Å². The van der Waals surface area contributed by atoms with Crippen LogP contribution < -0.4 is 0 Å². The zero-order valence-corrected chi connectivity index (χ0v) is 12.4. The van der Waals surface area contributed by atoms with E-state index in [1.165, 1.54) is 38.2 Å². The number of hydrogen-bond donors (Lipinski definition) is 0. The van der Waals surface area contributed by atoms with E-state index in [1.54, 1.807) is 23.9 Å². The summed E-state index contributed by atoms with van der Waals surface area (Å²) in [6.45, 7) is 0. The van der Waals surface area contributed by atoms with Crippen LogP contribution in [0.2, 0.25) is 5.02 Å². The third-order valence-corrected chi connectivity index (χ3v) is 5.31. The number of hydrogen-bond acceptors (Lipinski definition) is 2. The summed E-state index contributed by atoms with van der Waals surface area (Å²) in [5.41, 5.74) is 0.593. The Kier molecular flexibility index (Phi) is 5.71. The molecule has 0 amide bonds. The van der Waals surface area contributed by atoms with E-state index in [2.05, 4.69) is 0 Å². The second-order valence-corrected chi connectivity index (χ2v) is 6.67. The van der Waals surface area contributed by atoms with E-state index in [4.69, 9.17) is 11.6 Å². The van der Waals surface area contributed by atoms with Crippen LogP contribution in [0, 0.1) is 5.82 Å². The molecule has 1 fully saturated rings. The molecule has 0 aliphatic heterocycles. The molecule has 1 aliphatic rings. The van der Waals surface area contributed by atoms with Gasteiger partial charge in [-0.05, 0) is 24.5 Å². The van der Waals surface area contributed by atoms with E-state index in [0.29, 0.717) is 16.6 Å². The smallest absolute Gasteiger partial charge is 0.147 e. The molecule has 4 heteroatoms. The first-order valence-corrected chi connectivity index (χ1v) is 8.15. The van der Waals surface area contributed by atoms with Crippen LogP contribution in [-0.2, 0) is 11.2 Å². The Labute approximate surface area is 122 Å². The van der Waals surface area contributed by atoms with Gasteiger partial charge in [0.2, 0.25) is 0 Å². The van der Waals surface area contributed by atoms with Crippen molar-refractivity contribution < 1.29 is 9.18 Å². The fraction of sp³-hybridized carbons (Fsp3) is 0.533. The van der Waals surface area contributed by atoms with Crippen molar-refractivity contribution in [3.63, 3.8) is 0 Å². The highest BCUT2D eigenvalue weighted by atomic mass is 35.5. The molecular weight excluding hydrogens is 283 g/mol. The normalized spacial score (nSPS) is 16.5. The predicted octanol–water partition coefficient (Wildman–Crippen LogP) is 4.66. The second kappa shape index (κ2) is 7.30. The Bertz CT molecular complexity index is 444. The Morgan fingerprint density at radius 1 is 1.32 bits per heavy atom. The van der Waals surface area contributed by atoms with Crippen molar-refractivity contribution in [1.82, 2.24) is 0 Å². The number of benzene rings is 1. The van der Waals surface area contributed by atoms with E-state index >= 15 is 0 Å². The van der Waals surface area contributed by atoms with Crippen LogP contribution >= 0.6 is 23.4 Å². The van der Waals surface area contributed by atoms with Gasteiger partial charge in [0.1, 0.15) is 11.6 Å². The van der Waals surface area contributed by atoms with Gasteiger partial charge in [0.15, 0.2) is 0 Å². The molecule has 1 aromatic rings. The van der Waals surface area contributed by atoms with Gasteiger partial charge in [0, 0.05) is 11.7 Å². The summed E-state index contributed by atoms with van der Waals surface area (Å²) in [6, 6.07) is 4.62. The van der Waals surface area contributed by atoms with Crippen LogP contribution in [0.25, 0.3) is 0 Å². The minimum atomic E-state index is -0.452. The summed E-state index contributed by atoms with van der Waals surface area (Å²) in [7, 11) is 0. The highest BCUT2D eigenvalue weighted by Crippen LogP contribution is 2.28. The third kappa shape index (κ3) is 4.50. The van der Waals surface area contributed by atoms with Crippen LogP contribution in [0.4, 0.5) is 4.39 Å². The lowest BCUT2D eigenvalue weighted by Crippen LogP contribution is -2.13. The molecule has 1 aromatic carbocycles. The highest BCUT2D eigenvalue weighted by Gasteiger charge is 2.16. The van der Waals surface area contributed by atoms with E-state index in [1.807, 2.05) is 0 Å². The Hall–Kier alpha value is -0.540. The topological polar surface area (TPSA) is 17.1 Å². The SMILES string of the molecule is O=C(CSC1CCCCC1)Cc1cccc(F)c1Cl. The summed E-state index contributed by atoms with van der Waals surface area (Å²) >= 11 is 7.60. The lowest BCUT2D eigenvalue weighted by Gasteiger charge is -2.20. The van der Waals surface area contributed by atoms with Gasteiger partial charge in [-0.25, -0.2) is 4.39 Å². The zero-order chi connectivity index (χ0) is 13.7. The Balaban J connectivity index is 1.82. The number of thioether (sulfide) groups is 1. The summed E-state index contributed by atoms with van der Waals surface area (Å²) in [5, 5.41) is 0.708. The van der Waals surface area contributed by atoms with E-state index < -0.39 is 5.82 Å². The summed E-state index contributed by atoms with van der Waals surface area (Å²) in [6.07, 6.45) is 6.56. The molecule has 0 N–H and O–H groups in total. The van der Waals surface area contributed by atoms with E-state index in [9.17, 15) is 9.18 Å². The fourth-order valence-electron chi connectivity index (χ4n) is 2.39. The third-order valence-electron chi connectivity index (χ3n) is 3.45. The van der Waals surface area contributed by atoms with Gasteiger partial charge in [-0.3, -0.25) is 4.79 Å². The molecule has 0 saturated heterocycles. The van der Waals surface area contributed by atoms with E-state index in [-0.39, 0.29) is 17.2 Å². The van der Waals surface area contributed by atoms with Gasteiger partial charge in [-0.15, -0.1) is 0 Å². The maximum absolute atomic E-state index is 13.3. The summed E-state index contributed by atoms with van der Waals surface area (Å²) in [4.78, 5) is 11.9. The highest BCUT2D eigenvalue weighted by molar-refractivity contribution is 8.00. The number of Topliss-reactive ketones (excluding diaryl/α,β-unsaturated/α-hetero) is 1. The maximum Gasteiger partial charge on any atom is 0.147 e. The predicted molar refractivity (Wildman–Crippen MR) is 79.5 cm³/mol. The molecule has 1 nitrogen and oxygen atoms in total. The first-order chi connectivity index (χ1) is 9.16. The number of halogens is 2. The summed E-state index contributed by atoms with van der Waals surface area (Å²) < 4.78 is 13.3. The van der Waals surface area contributed by atoms with Gasteiger partial charge < -0.3 is 0 Å². The van der Waals surface area contributed by atoms with Crippen molar-refractivity contribution in [2.45, 2.75) is 43.8 Å². The molecule has 0 unspecified atom stereocenters. The second-order valence-electron chi connectivity index (χ2n) is 5.00. The summed E-state index contributed by atoms with van der Waals surface area (Å²) in [5.74, 6) is 0.187. The number of carbonyl (C=O) groups is 1. The molecular formula is C15H18ClFOS. The zero-order valence-electron chi connectivity index (χ0n) is 10.8. The lowest BCUT2D eigenvalue weighted by atomic mass is 10.0. The largest absolute Gasteiger partial charge is 0.298 e. The molecule has 0 bridgehead atoms. The molecule has 2 rings (SSSR count). The molecule has 19 heavy (non-hydrogen) atoms. The maximum atomic E-state index is 13.3. The van der Waals surface area contributed by atoms with Crippen LogP contribution in [0.3, 0.4) is 0 Å². The molecule has 104 valence electrons. The minimum Gasteiger partial charge on any atom is -0.298 e. The quantitative estimate of drug-likeness (QED) is 0.787. The number of ketones is 1. The van der Waals surface area contributed by atoms with Crippen LogP contribution in [-0.4, -0.2) is 16.8 Å². The van der Waals surface area contributed by atoms with E-state index in [0.717, 1.165) is 0 Å². The number of rotatable bonds is 5. The van der Waals surface area contributed by atoms with Crippen LogP contribution in [0.5, 0.6) is 0 Å². The van der Waals surface area contributed by atoms with Crippen molar-refractivity contribution in [3.05, 3.63) is 34.6 Å². The van der Waals surface area contributed by atoms with Crippen LogP contribution in [0.1, 0.15) is 37.7 Å². The lowest BCUT2D eigenvalue weighted by molar-refractivity contribution is -0.116. The number of carbonyl (C=O) groups excluding carboxylic acids is 1. The van der Waals surface area contributed by atoms with Crippen molar-refractivity contribution in [3.8, 4) is 0 Å². The van der Waals surface area contributed by atoms with Gasteiger partial charge in [-0.1, -0.05) is 43.0 Å². The molecule has 0 radical (unpaired) electrons. The van der Waals surface area contributed by atoms with Gasteiger partial charge >= 0.3 is 0 Å². The first-order valence-electron chi connectivity index (χ1n) is 6.73. The van der Waals surface area contributed by atoms with Crippen LogP contribution in [0.15, 0.2) is 18.2 Å². The van der Waals surface area contributed by atoms with Crippen molar-refractivity contribution in [1.29, 1.82) is 0 Å². The molecule has 1 saturated carbocycles. The molecule has 0 spiro atoms. The Morgan fingerprint density at radius 3 is 2.79 bits per heavy atom. The monoisotopic (exact) mass is 300 g/mol. The van der Waals surface area contributed by atoms with Crippen molar-refractivity contribution in [2.24, 2.45) is 0 Å². The molecule has 1 aliphatic carbocycles.